The topological polar surface area (TPSA) is 78.5 Å². The van der Waals surface area contributed by atoms with Gasteiger partial charge < -0.3 is 10.2 Å². The molecule has 0 spiro atoms. The molecule has 1 fully saturated rings. The van der Waals surface area contributed by atoms with E-state index >= 15 is 0 Å². The smallest absolute Gasteiger partial charge is 0.322 e. The fourth-order valence-corrected chi connectivity index (χ4v) is 2.59. The maximum atomic E-state index is 12.2. The number of carbonyl (C=O) groups is 3. The van der Waals surface area contributed by atoms with Crippen LogP contribution in [0.3, 0.4) is 0 Å². The summed E-state index contributed by atoms with van der Waals surface area (Å²) in [7, 11) is 1.74. The quantitative estimate of drug-likeness (QED) is 0.809. The molecule has 24 heavy (non-hydrogen) atoms. The Bertz CT molecular complexity index is 632. The molecule has 0 bridgehead atoms. The van der Waals surface area contributed by atoms with Crippen molar-refractivity contribution in [2.75, 3.05) is 7.05 Å². The lowest BCUT2D eigenvalue weighted by Crippen LogP contribution is -2.32. The molecule has 1 aliphatic rings. The van der Waals surface area contributed by atoms with Gasteiger partial charge in [0.25, 0.3) is 5.91 Å². The van der Waals surface area contributed by atoms with Crippen LogP contribution >= 0.6 is 0 Å². The molecule has 0 radical (unpaired) electrons. The summed E-state index contributed by atoms with van der Waals surface area (Å²) in [6.07, 6.45) is 0.526. The first kappa shape index (κ1) is 18.0. The standard InChI is InChI=1S/C18H25N3O3/c1-18(2,3)13-7-5-12(6-8-13)11-21(4)15(22)10-9-14-16(23)20-17(24)19-14/h5-8,14H,9-11H2,1-4H3,(H2,19,20,23,24)/t14-/m1/s1. The summed E-state index contributed by atoms with van der Waals surface area (Å²) in [4.78, 5) is 36.3. The normalized spacial score (nSPS) is 17.4. The van der Waals surface area contributed by atoms with Crippen molar-refractivity contribution in [2.45, 2.75) is 51.6 Å². The molecule has 2 N–H and O–H groups in total. The van der Waals surface area contributed by atoms with E-state index < -0.39 is 12.1 Å². The SMILES string of the molecule is CN(Cc1ccc(C(C)(C)C)cc1)C(=O)CC[C@H]1NC(=O)NC1=O. The van der Waals surface area contributed by atoms with Crippen molar-refractivity contribution in [2.24, 2.45) is 0 Å². The number of nitrogens with zero attached hydrogens (tertiary/aromatic N) is 1. The molecule has 0 unspecified atom stereocenters. The number of amides is 4. The van der Waals surface area contributed by atoms with E-state index in [-0.39, 0.29) is 23.7 Å². The summed E-state index contributed by atoms with van der Waals surface area (Å²) >= 11 is 0. The van der Waals surface area contributed by atoms with Crippen molar-refractivity contribution >= 4 is 17.8 Å². The molecular formula is C18H25N3O3. The number of imide groups is 1. The van der Waals surface area contributed by atoms with Gasteiger partial charge in [0, 0.05) is 20.0 Å². The highest BCUT2D eigenvalue weighted by Gasteiger charge is 2.29. The number of nitrogens with one attached hydrogen (secondary N) is 2. The van der Waals surface area contributed by atoms with Gasteiger partial charge in [0.15, 0.2) is 0 Å². The molecule has 0 saturated carbocycles. The molecule has 2 rings (SSSR count). The summed E-state index contributed by atoms with van der Waals surface area (Å²) in [6.45, 7) is 7.01. The van der Waals surface area contributed by atoms with Gasteiger partial charge in [-0.2, -0.15) is 0 Å². The van der Waals surface area contributed by atoms with Gasteiger partial charge in [-0.05, 0) is 23.0 Å². The maximum Gasteiger partial charge on any atom is 0.322 e. The van der Waals surface area contributed by atoms with Crippen molar-refractivity contribution in [1.82, 2.24) is 15.5 Å². The van der Waals surface area contributed by atoms with Gasteiger partial charge in [0.2, 0.25) is 5.91 Å². The monoisotopic (exact) mass is 331 g/mol. The van der Waals surface area contributed by atoms with Crippen LogP contribution in [0.25, 0.3) is 0 Å². The van der Waals surface area contributed by atoms with Crippen LogP contribution < -0.4 is 10.6 Å². The fraction of sp³-hybridized carbons (Fsp3) is 0.500. The number of urea groups is 1. The van der Waals surface area contributed by atoms with Gasteiger partial charge >= 0.3 is 6.03 Å². The summed E-state index contributed by atoms with van der Waals surface area (Å²) in [5.74, 6) is -0.419. The minimum absolute atomic E-state index is 0.0520. The Balaban J connectivity index is 1.85. The first-order chi connectivity index (χ1) is 11.2. The van der Waals surface area contributed by atoms with Crippen molar-refractivity contribution in [1.29, 1.82) is 0 Å². The van der Waals surface area contributed by atoms with E-state index in [0.717, 1.165) is 5.56 Å². The Morgan fingerprint density at radius 3 is 2.29 bits per heavy atom. The largest absolute Gasteiger partial charge is 0.341 e. The lowest BCUT2D eigenvalue weighted by molar-refractivity contribution is -0.130. The molecule has 4 amide bonds. The van der Waals surface area contributed by atoms with Crippen LogP contribution in [0.5, 0.6) is 0 Å². The molecule has 0 aromatic heterocycles. The first-order valence-electron chi connectivity index (χ1n) is 8.11. The van der Waals surface area contributed by atoms with E-state index in [1.807, 2.05) is 12.1 Å². The van der Waals surface area contributed by atoms with Gasteiger partial charge in [-0.15, -0.1) is 0 Å². The second-order valence-corrected chi connectivity index (χ2v) is 7.25. The van der Waals surface area contributed by atoms with Crippen LogP contribution in [0.1, 0.15) is 44.7 Å². The molecule has 1 atom stereocenters. The Morgan fingerprint density at radius 2 is 1.79 bits per heavy atom. The minimum Gasteiger partial charge on any atom is -0.341 e. The van der Waals surface area contributed by atoms with Crippen molar-refractivity contribution in [3.05, 3.63) is 35.4 Å². The van der Waals surface area contributed by atoms with Gasteiger partial charge in [0.1, 0.15) is 6.04 Å². The lowest BCUT2D eigenvalue weighted by Gasteiger charge is -2.21. The molecule has 1 aromatic carbocycles. The molecule has 6 heteroatoms. The zero-order valence-electron chi connectivity index (χ0n) is 14.7. The molecule has 0 aliphatic carbocycles. The van der Waals surface area contributed by atoms with E-state index in [1.165, 1.54) is 5.56 Å². The number of carbonyl (C=O) groups excluding carboxylic acids is 3. The van der Waals surface area contributed by atoms with Crippen LogP contribution in [0, 0.1) is 0 Å². The summed E-state index contributed by atoms with van der Waals surface area (Å²) in [5.41, 5.74) is 2.42. The van der Waals surface area contributed by atoms with E-state index in [4.69, 9.17) is 0 Å². The molecule has 1 aromatic rings. The Morgan fingerprint density at radius 1 is 1.17 bits per heavy atom. The molecular weight excluding hydrogens is 306 g/mol. The van der Waals surface area contributed by atoms with Crippen LogP contribution in [-0.2, 0) is 21.5 Å². The third-order valence-electron chi connectivity index (χ3n) is 4.17. The highest BCUT2D eigenvalue weighted by atomic mass is 16.2. The summed E-state index contributed by atoms with van der Waals surface area (Å²) in [5, 5.41) is 4.66. The Kier molecular flexibility index (Phi) is 5.26. The Hall–Kier alpha value is -2.37. The van der Waals surface area contributed by atoms with Crippen molar-refractivity contribution in [3.8, 4) is 0 Å². The van der Waals surface area contributed by atoms with E-state index in [1.54, 1.807) is 11.9 Å². The second kappa shape index (κ2) is 7.03. The molecule has 1 saturated heterocycles. The predicted octanol–water partition coefficient (Wildman–Crippen LogP) is 1.93. The average Bonchev–Trinajstić information content (AvgIpc) is 2.82. The second-order valence-electron chi connectivity index (χ2n) is 7.25. The van der Waals surface area contributed by atoms with E-state index in [0.29, 0.717) is 13.0 Å². The van der Waals surface area contributed by atoms with E-state index in [9.17, 15) is 14.4 Å². The maximum absolute atomic E-state index is 12.2. The highest BCUT2D eigenvalue weighted by Crippen LogP contribution is 2.22. The van der Waals surface area contributed by atoms with Gasteiger partial charge in [-0.3, -0.25) is 14.9 Å². The summed E-state index contributed by atoms with van der Waals surface area (Å²) in [6, 6.07) is 7.15. The van der Waals surface area contributed by atoms with Crippen LogP contribution in [0.4, 0.5) is 4.79 Å². The summed E-state index contributed by atoms with van der Waals surface area (Å²) < 4.78 is 0. The van der Waals surface area contributed by atoms with Gasteiger partial charge in [-0.1, -0.05) is 45.0 Å². The molecule has 6 nitrogen and oxygen atoms in total. The van der Waals surface area contributed by atoms with Crippen LogP contribution in [0.15, 0.2) is 24.3 Å². The number of hydrogen-bond acceptors (Lipinski definition) is 3. The fourth-order valence-electron chi connectivity index (χ4n) is 2.59. The third kappa shape index (κ3) is 4.57. The predicted molar refractivity (Wildman–Crippen MR) is 91.3 cm³/mol. The van der Waals surface area contributed by atoms with E-state index in [2.05, 4.69) is 43.5 Å². The lowest BCUT2D eigenvalue weighted by atomic mass is 9.87. The van der Waals surface area contributed by atoms with Crippen molar-refractivity contribution < 1.29 is 14.4 Å². The highest BCUT2D eigenvalue weighted by molar-refractivity contribution is 6.04. The van der Waals surface area contributed by atoms with Crippen LogP contribution in [0.2, 0.25) is 0 Å². The third-order valence-corrected chi connectivity index (χ3v) is 4.17. The zero-order chi connectivity index (χ0) is 17.9. The van der Waals surface area contributed by atoms with Crippen LogP contribution in [-0.4, -0.2) is 35.8 Å². The van der Waals surface area contributed by atoms with Gasteiger partial charge in [0.05, 0.1) is 0 Å². The van der Waals surface area contributed by atoms with Gasteiger partial charge in [-0.25, -0.2) is 4.79 Å². The first-order valence-corrected chi connectivity index (χ1v) is 8.11. The Labute approximate surface area is 142 Å². The molecule has 1 aliphatic heterocycles. The number of rotatable bonds is 5. The van der Waals surface area contributed by atoms with Crippen molar-refractivity contribution in [3.63, 3.8) is 0 Å². The minimum atomic E-state index is -0.610. The number of hydrogen-bond donors (Lipinski definition) is 2. The average molecular weight is 331 g/mol. The molecule has 130 valence electrons. The molecule has 1 heterocycles. The number of benzene rings is 1. The zero-order valence-corrected chi connectivity index (χ0v) is 14.7.